The number of allylic oxidation sites excluding steroid dienone is 1. The van der Waals surface area contributed by atoms with Gasteiger partial charge in [0, 0.05) is 42.2 Å². The van der Waals surface area contributed by atoms with E-state index in [4.69, 9.17) is 15.8 Å². The fraction of sp³-hybridized carbons (Fsp3) is 0.458. The fourth-order valence-electron chi connectivity index (χ4n) is 4.23. The third-order valence-electron chi connectivity index (χ3n) is 6.38. The lowest BCUT2D eigenvalue weighted by molar-refractivity contribution is -0.128. The zero-order valence-corrected chi connectivity index (χ0v) is 19.6. The molecule has 3 aromatic rings. The van der Waals surface area contributed by atoms with Crippen LogP contribution in [0.15, 0.2) is 42.0 Å². The van der Waals surface area contributed by atoms with E-state index in [0.29, 0.717) is 30.2 Å². The van der Waals surface area contributed by atoms with Crippen molar-refractivity contribution < 1.29 is 9.90 Å². The smallest absolute Gasteiger partial charge is 0.223 e. The number of nitrogens with zero attached hydrogens (tertiary/aromatic N) is 6. The first-order valence-electron chi connectivity index (χ1n) is 11.8. The van der Waals surface area contributed by atoms with Gasteiger partial charge >= 0.3 is 0 Å². The number of carbonyl (C=O) groups is 1. The second-order valence-corrected chi connectivity index (χ2v) is 8.55. The predicted molar refractivity (Wildman–Crippen MR) is 131 cm³/mol. The number of carbonyl (C=O) groups excluding carboxylic acids is 1. The summed E-state index contributed by atoms with van der Waals surface area (Å²) in [7, 11) is 0. The molecule has 4 rings (SSSR count). The van der Waals surface area contributed by atoms with Crippen molar-refractivity contribution in [3.63, 3.8) is 0 Å². The van der Waals surface area contributed by atoms with Crippen LogP contribution in [-0.2, 0) is 4.79 Å². The largest absolute Gasteiger partial charge is 0.404 e. The van der Waals surface area contributed by atoms with Crippen LogP contribution in [0.25, 0.3) is 22.3 Å². The molecule has 0 atom stereocenters. The molecule has 10 nitrogen and oxygen atoms in total. The lowest BCUT2D eigenvalue weighted by Gasteiger charge is -2.31. The number of aliphatic hydroxyl groups excluding tert-OH is 1. The number of aliphatic hydroxyl groups is 1. The lowest BCUT2D eigenvalue weighted by atomic mass is 9.80. The maximum Gasteiger partial charge on any atom is 0.223 e. The van der Waals surface area contributed by atoms with Crippen molar-refractivity contribution in [3.05, 3.63) is 42.7 Å². The molecule has 1 saturated carbocycles. The van der Waals surface area contributed by atoms with E-state index in [-0.39, 0.29) is 31.0 Å². The third kappa shape index (κ3) is 4.86. The SMILES string of the molecule is CCC(CC)n1cc(-c2nc(C(C=NC3CC(C(=O)NCCO)C3)=CN)cn3nccc23)cn1. The Morgan fingerprint density at radius 1 is 1.32 bits per heavy atom. The summed E-state index contributed by atoms with van der Waals surface area (Å²) < 4.78 is 3.79. The molecule has 1 aliphatic rings. The van der Waals surface area contributed by atoms with Crippen molar-refractivity contribution in [1.29, 1.82) is 0 Å². The van der Waals surface area contributed by atoms with Gasteiger partial charge < -0.3 is 16.2 Å². The molecule has 1 amide bonds. The number of aliphatic imine (C=N–C) groups is 1. The average Bonchev–Trinajstić information content (AvgIpc) is 3.49. The number of hydrogen-bond donors (Lipinski definition) is 3. The number of aromatic nitrogens is 5. The molecule has 180 valence electrons. The number of rotatable bonds is 10. The Balaban J connectivity index is 1.54. The number of fused-ring (bicyclic) bond motifs is 1. The Kier molecular flexibility index (Phi) is 7.36. The van der Waals surface area contributed by atoms with Crippen LogP contribution in [0, 0.1) is 5.92 Å². The highest BCUT2D eigenvalue weighted by Gasteiger charge is 2.33. The van der Waals surface area contributed by atoms with Gasteiger partial charge in [0.2, 0.25) is 5.91 Å². The first kappa shape index (κ1) is 23.6. The van der Waals surface area contributed by atoms with Crippen molar-refractivity contribution in [3.8, 4) is 11.3 Å². The van der Waals surface area contributed by atoms with E-state index in [1.54, 1.807) is 16.9 Å². The quantitative estimate of drug-likeness (QED) is 0.394. The second-order valence-electron chi connectivity index (χ2n) is 8.55. The Hall–Kier alpha value is -3.53. The second kappa shape index (κ2) is 10.6. The van der Waals surface area contributed by atoms with Crippen molar-refractivity contribution in [2.45, 2.75) is 51.6 Å². The minimum absolute atomic E-state index is 0.0283. The maximum absolute atomic E-state index is 12.0. The van der Waals surface area contributed by atoms with Crippen LogP contribution >= 0.6 is 0 Å². The van der Waals surface area contributed by atoms with E-state index in [1.165, 1.54) is 6.20 Å². The number of amides is 1. The molecule has 0 aromatic carbocycles. The highest BCUT2D eigenvalue weighted by Crippen LogP contribution is 2.31. The van der Waals surface area contributed by atoms with Crippen molar-refractivity contribution >= 4 is 23.2 Å². The summed E-state index contributed by atoms with van der Waals surface area (Å²) in [5.74, 6) is -0.0878. The van der Waals surface area contributed by atoms with E-state index < -0.39 is 0 Å². The molecule has 0 spiro atoms. The fourth-order valence-corrected chi connectivity index (χ4v) is 4.23. The van der Waals surface area contributed by atoms with E-state index in [9.17, 15) is 4.79 Å². The van der Waals surface area contributed by atoms with Gasteiger partial charge in [0.15, 0.2) is 0 Å². The van der Waals surface area contributed by atoms with E-state index in [1.807, 2.05) is 29.3 Å². The molecule has 0 unspecified atom stereocenters. The Bertz CT molecular complexity index is 1180. The molecule has 0 saturated heterocycles. The molecule has 3 aromatic heterocycles. The van der Waals surface area contributed by atoms with Gasteiger partial charge in [-0.3, -0.25) is 14.5 Å². The standard InChI is InChI=1S/C24H32N8O2/c1-3-20(4-2)31-14-18(13-29-31)23-22-5-6-28-32(22)15-21(30-23)17(11-25)12-27-19-9-16(10-19)24(34)26-7-8-33/h5-6,11-16,19-20,33H,3-4,7-10,25H2,1-2H3,(H,26,34). The number of nitrogens with one attached hydrogen (secondary N) is 1. The van der Waals surface area contributed by atoms with Crippen LogP contribution in [0.1, 0.15) is 51.3 Å². The first-order chi connectivity index (χ1) is 16.6. The van der Waals surface area contributed by atoms with Gasteiger partial charge in [0.1, 0.15) is 0 Å². The molecule has 1 aliphatic carbocycles. The summed E-state index contributed by atoms with van der Waals surface area (Å²) in [5.41, 5.74) is 9.87. The van der Waals surface area contributed by atoms with Gasteiger partial charge in [0.05, 0.1) is 54.2 Å². The van der Waals surface area contributed by atoms with Crippen LogP contribution in [0.4, 0.5) is 0 Å². The summed E-state index contributed by atoms with van der Waals surface area (Å²) in [5, 5.41) is 20.5. The monoisotopic (exact) mass is 464 g/mol. The van der Waals surface area contributed by atoms with Crippen LogP contribution in [0.3, 0.4) is 0 Å². The van der Waals surface area contributed by atoms with Crippen molar-refractivity contribution in [2.75, 3.05) is 13.2 Å². The normalized spacial score (nSPS) is 18.6. The highest BCUT2D eigenvalue weighted by atomic mass is 16.3. The lowest BCUT2D eigenvalue weighted by Crippen LogP contribution is -2.41. The molecule has 0 bridgehead atoms. The minimum Gasteiger partial charge on any atom is -0.404 e. The molecule has 4 N–H and O–H groups in total. The van der Waals surface area contributed by atoms with Gasteiger partial charge in [-0.05, 0) is 31.7 Å². The minimum atomic E-state index is -0.0595. The molecule has 3 heterocycles. The van der Waals surface area contributed by atoms with E-state index in [2.05, 4.69) is 34.4 Å². The van der Waals surface area contributed by atoms with Crippen LogP contribution in [-0.4, -0.2) is 60.8 Å². The summed E-state index contributed by atoms with van der Waals surface area (Å²) in [6.07, 6.45) is 14.0. The van der Waals surface area contributed by atoms with Gasteiger partial charge in [0.25, 0.3) is 0 Å². The number of hydrogen-bond acceptors (Lipinski definition) is 7. The zero-order chi connectivity index (χ0) is 24.1. The summed E-state index contributed by atoms with van der Waals surface area (Å²) >= 11 is 0. The highest BCUT2D eigenvalue weighted by molar-refractivity contribution is 6.09. The molecule has 0 aliphatic heterocycles. The number of nitrogens with two attached hydrogens (primary N) is 1. The molecule has 34 heavy (non-hydrogen) atoms. The molecule has 10 heteroatoms. The van der Waals surface area contributed by atoms with E-state index >= 15 is 0 Å². The molecular formula is C24H32N8O2. The van der Waals surface area contributed by atoms with Crippen LogP contribution in [0.2, 0.25) is 0 Å². The van der Waals surface area contributed by atoms with Gasteiger partial charge in [-0.2, -0.15) is 10.2 Å². The topological polar surface area (TPSA) is 136 Å². The molecular weight excluding hydrogens is 432 g/mol. The summed E-state index contributed by atoms with van der Waals surface area (Å²) in [4.78, 5) is 21.5. The maximum atomic E-state index is 12.0. The summed E-state index contributed by atoms with van der Waals surface area (Å²) in [6, 6.07) is 2.34. The Morgan fingerprint density at radius 3 is 2.82 bits per heavy atom. The van der Waals surface area contributed by atoms with Gasteiger partial charge in [-0.25, -0.2) is 9.50 Å². The predicted octanol–water partition coefficient (Wildman–Crippen LogP) is 2.21. The Morgan fingerprint density at radius 2 is 2.12 bits per heavy atom. The van der Waals surface area contributed by atoms with E-state index in [0.717, 1.165) is 29.6 Å². The van der Waals surface area contributed by atoms with Gasteiger partial charge in [-0.15, -0.1) is 0 Å². The molecule has 0 radical (unpaired) electrons. The Labute approximate surface area is 198 Å². The van der Waals surface area contributed by atoms with Crippen molar-refractivity contribution in [1.82, 2.24) is 29.7 Å². The summed E-state index contributed by atoms with van der Waals surface area (Å²) in [6.45, 7) is 4.54. The third-order valence-corrected chi connectivity index (χ3v) is 6.38. The first-order valence-corrected chi connectivity index (χ1v) is 11.8. The average molecular weight is 465 g/mol. The van der Waals surface area contributed by atoms with Crippen LogP contribution < -0.4 is 11.1 Å². The van der Waals surface area contributed by atoms with Crippen molar-refractivity contribution in [2.24, 2.45) is 16.6 Å². The molecule has 1 fully saturated rings. The van der Waals surface area contributed by atoms with Crippen LogP contribution in [0.5, 0.6) is 0 Å². The zero-order valence-electron chi connectivity index (χ0n) is 19.6. The van der Waals surface area contributed by atoms with Gasteiger partial charge in [-0.1, -0.05) is 13.8 Å².